The highest BCUT2D eigenvalue weighted by molar-refractivity contribution is 7.92. The number of nitrogens with one attached hydrogen (secondary N) is 2. The lowest BCUT2D eigenvalue weighted by Crippen LogP contribution is -2.38. The Labute approximate surface area is 323 Å². The van der Waals surface area contributed by atoms with Gasteiger partial charge in [0.15, 0.2) is 0 Å². The molecule has 0 bridgehead atoms. The van der Waals surface area contributed by atoms with Crippen molar-refractivity contribution in [2.24, 2.45) is 0 Å². The molecule has 8 rings (SSSR count). The number of halogens is 2. The number of fused-ring (bicyclic) bond motifs is 2. The van der Waals surface area contributed by atoms with E-state index in [2.05, 4.69) is 15.5 Å². The van der Waals surface area contributed by atoms with Crippen LogP contribution in [0.1, 0.15) is 61.6 Å². The molecule has 0 atom stereocenters. The molecule has 1 fully saturated rings. The number of rotatable bonds is 7. The minimum absolute atomic E-state index is 0.264. The maximum atomic E-state index is 13.5. The van der Waals surface area contributed by atoms with Gasteiger partial charge in [-0.2, -0.15) is 5.26 Å². The van der Waals surface area contributed by atoms with E-state index < -0.39 is 31.3 Å². The molecule has 2 aliphatic carbocycles. The average Bonchev–Trinajstić information content (AvgIpc) is 3.84. The highest BCUT2D eigenvalue weighted by atomic mass is 32.2. The second kappa shape index (κ2) is 15.0. The van der Waals surface area contributed by atoms with Crippen LogP contribution < -0.4 is 19.8 Å². The molecule has 1 aliphatic heterocycles. The van der Waals surface area contributed by atoms with Gasteiger partial charge in [-0.25, -0.2) is 30.4 Å². The van der Waals surface area contributed by atoms with Crippen LogP contribution in [0.3, 0.4) is 0 Å². The highest BCUT2D eigenvalue weighted by Crippen LogP contribution is 2.50. The summed E-state index contributed by atoms with van der Waals surface area (Å²) >= 11 is 0. The Kier molecular flexibility index (Phi) is 10.3. The van der Waals surface area contributed by atoms with Gasteiger partial charge in [0.25, 0.3) is 0 Å². The van der Waals surface area contributed by atoms with Crippen molar-refractivity contribution in [3.8, 4) is 22.9 Å². The van der Waals surface area contributed by atoms with Crippen LogP contribution in [0.4, 0.5) is 20.2 Å². The zero-order valence-electron chi connectivity index (χ0n) is 30.5. The normalized spacial score (nSPS) is 16.0. The predicted octanol–water partition coefficient (Wildman–Crippen LogP) is 8.77. The van der Waals surface area contributed by atoms with Crippen molar-refractivity contribution in [3.63, 3.8) is 0 Å². The van der Waals surface area contributed by atoms with Crippen molar-refractivity contribution in [3.05, 3.63) is 135 Å². The number of hydrogen-bond acceptors (Lipinski definition) is 8. The third kappa shape index (κ3) is 8.10. The van der Waals surface area contributed by atoms with Gasteiger partial charge in [0, 0.05) is 34.2 Å². The second-order valence-corrected chi connectivity index (χ2v) is 17.6. The van der Waals surface area contributed by atoms with E-state index in [-0.39, 0.29) is 17.2 Å². The SMILES string of the molecule is CS(=O)(=O)Nc1ccc2c(-c3ccc(F)cc3)c(C3=CCCC3)c(=O)oc2c1.CS(=O)(=O)Nc1ccc2c(c1)OC1(CCCC1)C(C#N)=C2c1ccc(F)cc1. The van der Waals surface area contributed by atoms with Crippen molar-refractivity contribution in [1.29, 1.82) is 5.26 Å². The molecule has 5 aromatic rings. The van der Waals surface area contributed by atoms with Crippen LogP contribution in [0, 0.1) is 23.0 Å². The fourth-order valence-corrected chi connectivity index (χ4v) is 8.78. The van der Waals surface area contributed by atoms with Crippen LogP contribution >= 0.6 is 0 Å². The summed E-state index contributed by atoms with van der Waals surface area (Å²) in [5, 5.41) is 10.6. The summed E-state index contributed by atoms with van der Waals surface area (Å²) in [6.45, 7) is 0. The van der Waals surface area contributed by atoms with Crippen LogP contribution in [0.25, 0.3) is 33.2 Å². The second-order valence-electron chi connectivity index (χ2n) is 14.1. The maximum Gasteiger partial charge on any atom is 0.344 e. The first-order valence-electron chi connectivity index (χ1n) is 17.9. The Morgan fingerprint density at radius 3 is 1.91 bits per heavy atom. The predicted molar refractivity (Wildman–Crippen MR) is 213 cm³/mol. The van der Waals surface area contributed by atoms with Gasteiger partial charge in [-0.15, -0.1) is 0 Å². The Hall–Kier alpha value is -5.78. The molecule has 0 radical (unpaired) electrons. The van der Waals surface area contributed by atoms with Crippen LogP contribution in [-0.4, -0.2) is 34.9 Å². The Bertz CT molecular complexity index is 2750. The van der Waals surface area contributed by atoms with Gasteiger partial charge in [0.1, 0.15) is 28.6 Å². The molecular weight excluding hydrogens is 761 g/mol. The third-order valence-electron chi connectivity index (χ3n) is 9.93. The summed E-state index contributed by atoms with van der Waals surface area (Å²) in [4.78, 5) is 12.9. The molecule has 1 aromatic heterocycles. The monoisotopic (exact) mass is 797 g/mol. The third-order valence-corrected chi connectivity index (χ3v) is 11.1. The molecule has 288 valence electrons. The molecule has 0 saturated heterocycles. The summed E-state index contributed by atoms with van der Waals surface area (Å²) in [5.74, 6) is -0.190. The quantitative estimate of drug-likeness (QED) is 0.155. The van der Waals surface area contributed by atoms with E-state index >= 15 is 0 Å². The molecule has 10 nitrogen and oxygen atoms in total. The highest BCUT2D eigenvalue weighted by Gasteiger charge is 2.45. The lowest BCUT2D eigenvalue weighted by Gasteiger charge is -2.37. The minimum atomic E-state index is -3.46. The lowest BCUT2D eigenvalue weighted by molar-refractivity contribution is 0.116. The number of ether oxygens (including phenoxy) is 1. The van der Waals surface area contributed by atoms with Gasteiger partial charge < -0.3 is 9.15 Å². The summed E-state index contributed by atoms with van der Waals surface area (Å²) in [5.41, 5.74) is 5.22. The Morgan fingerprint density at radius 1 is 0.750 bits per heavy atom. The van der Waals surface area contributed by atoms with E-state index in [0.717, 1.165) is 61.3 Å². The van der Waals surface area contributed by atoms with Gasteiger partial charge in [0.05, 0.1) is 41.1 Å². The van der Waals surface area contributed by atoms with Crippen molar-refractivity contribution < 1.29 is 34.8 Å². The minimum Gasteiger partial charge on any atom is -0.481 e. The van der Waals surface area contributed by atoms with Crippen LogP contribution in [0.5, 0.6) is 5.75 Å². The lowest BCUT2D eigenvalue weighted by atomic mass is 9.80. The largest absolute Gasteiger partial charge is 0.481 e. The molecule has 1 saturated carbocycles. The summed E-state index contributed by atoms with van der Waals surface area (Å²) in [6.07, 6.45) is 10.1. The smallest absolute Gasteiger partial charge is 0.344 e. The van der Waals surface area contributed by atoms with E-state index in [1.54, 1.807) is 54.6 Å². The van der Waals surface area contributed by atoms with E-state index in [1.165, 1.54) is 30.3 Å². The number of sulfonamides is 2. The van der Waals surface area contributed by atoms with Crippen molar-refractivity contribution in [2.75, 3.05) is 22.0 Å². The summed E-state index contributed by atoms with van der Waals surface area (Å²) in [6, 6.07) is 24.2. The van der Waals surface area contributed by atoms with Crippen LogP contribution in [-0.2, 0) is 20.0 Å². The first-order valence-corrected chi connectivity index (χ1v) is 21.7. The summed E-state index contributed by atoms with van der Waals surface area (Å²) < 4.78 is 89.8. The molecule has 3 aliphatic rings. The molecule has 14 heteroatoms. The van der Waals surface area contributed by atoms with E-state index in [9.17, 15) is 35.7 Å². The van der Waals surface area contributed by atoms with E-state index in [0.29, 0.717) is 63.2 Å². The first-order chi connectivity index (χ1) is 26.6. The van der Waals surface area contributed by atoms with Crippen LogP contribution in [0.15, 0.2) is 106 Å². The standard InChI is InChI=1S/C21H19FN2O3S.C21H18FNO4S/c1-28(25,26)24-16-8-9-17-19(12-16)27-21(10-2-3-11-21)18(13-23)20(17)14-4-6-15(22)7-5-14;1-28(25,26)23-16-10-11-17-18(12-16)27-21(24)20(13-4-2-3-5-13)19(17)14-6-8-15(22)9-7-14/h4-9,12,24H,2-3,10-11H2,1H3;4,6-12,23H,2-3,5H2,1H3. The van der Waals surface area contributed by atoms with Crippen molar-refractivity contribution >= 4 is 53.5 Å². The van der Waals surface area contributed by atoms with E-state index in [4.69, 9.17) is 9.15 Å². The topological polar surface area (TPSA) is 156 Å². The molecule has 56 heavy (non-hydrogen) atoms. The number of anilines is 2. The Morgan fingerprint density at radius 2 is 1.34 bits per heavy atom. The molecule has 2 N–H and O–H groups in total. The van der Waals surface area contributed by atoms with Gasteiger partial charge in [-0.1, -0.05) is 30.3 Å². The summed E-state index contributed by atoms with van der Waals surface area (Å²) in [7, 11) is -6.89. The Balaban J connectivity index is 0.000000172. The van der Waals surface area contributed by atoms with Crippen molar-refractivity contribution in [1.82, 2.24) is 0 Å². The molecule has 0 unspecified atom stereocenters. The van der Waals surface area contributed by atoms with E-state index in [1.807, 2.05) is 6.08 Å². The van der Waals surface area contributed by atoms with Crippen molar-refractivity contribution in [2.45, 2.75) is 50.5 Å². The van der Waals surface area contributed by atoms with Gasteiger partial charge in [-0.05, 0) is 110 Å². The molecule has 2 heterocycles. The number of benzene rings is 4. The van der Waals surface area contributed by atoms with Gasteiger partial charge in [-0.3, -0.25) is 9.44 Å². The molecule has 1 spiro atoms. The molecule has 0 amide bonds. The fourth-order valence-electron chi connectivity index (χ4n) is 7.67. The molecule has 4 aromatic carbocycles. The zero-order valence-corrected chi connectivity index (χ0v) is 32.1. The van der Waals surface area contributed by atoms with Gasteiger partial charge in [0.2, 0.25) is 20.0 Å². The fraction of sp³-hybridized carbons (Fsp3) is 0.238. The molecular formula is C42H37F2N3O7S2. The number of nitrogens with zero attached hydrogens (tertiary/aromatic N) is 1. The number of allylic oxidation sites excluding steroid dienone is 2. The van der Waals surface area contributed by atoms with Gasteiger partial charge >= 0.3 is 5.63 Å². The van der Waals surface area contributed by atoms with Crippen LogP contribution in [0.2, 0.25) is 0 Å². The first kappa shape index (κ1) is 38.5. The maximum absolute atomic E-state index is 13.5. The number of nitriles is 1. The average molecular weight is 798 g/mol. The number of hydrogen-bond donors (Lipinski definition) is 2. The zero-order chi connectivity index (χ0) is 39.8.